The van der Waals surface area contributed by atoms with Crippen molar-refractivity contribution < 1.29 is 24.2 Å². The van der Waals surface area contributed by atoms with E-state index in [0.717, 1.165) is 5.56 Å². The molecule has 0 radical (unpaired) electrons. The van der Waals surface area contributed by atoms with Gasteiger partial charge in [-0.25, -0.2) is 4.79 Å². The number of carboxylic acids is 1. The van der Waals surface area contributed by atoms with Gasteiger partial charge in [0.05, 0.1) is 0 Å². The van der Waals surface area contributed by atoms with Gasteiger partial charge in [0.25, 0.3) is 0 Å². The van der Waals surface area contributed by atoms with Crippen LogP contribution in [0.1, 0.15) is 32.8 Å². The lowest BCUT2D eigenvalue weighted by atomic mass is 10.0. The number of hydrogen-bond donors (Lipinski definition) is 3. The minimum atomic E-state index is -1.14. The summed E-state index contributed by atoms with van der Waals surface area (Å²) in [5.41, 5.74) is 0.831. The number of nitrogens with one attached hydrogen (secondary N) is 2. The summed E-state index contributed by atoms with van der Waals surface area (Å²) in [4.78, 5) is 34.9. The molecule has 0 aromatic heterocycles. The fraction of sp³-hybridized carbons (Fsp3) is 0.471. The third kappa shape index (κ3) is 7.13. The van der Waals surface area contributed by atoms with Crippen molar-refractivity contribution >= 4 is 18.0 Å². The Morgan fingerprint density at radius 2 is 1.71 bits per heavy atom. The molecule has 0 fully saturated rings. The maximum atomic E-state index is 12.2. The first-order chi connectivity index (χ1) is 11.3. The van der Waals surface area contributed by atoms with Crippen LogP contribution in [-0.4, -0.2) is 35.2 Å². The molecular formula is C17H24N2O5. The van der Waals surface area contributed by atoms with E-state index in [4.69, 9.17) is 9.84 Å². The summed E-state index contributed by atoms with van der Waals surface area (Å²) in [6.07, 6.45) is -0.346. The molecule has 0 saturated carbocycles. The number of ether oxygens (including phenoxy) is 1. The molecule has 0 saturated heterocycles. The van der Waals surface area contributed by atoms with Crippen molar-refractivity contribution in [2.24, 2.45) is 5.92 Å². The highest BCUT2D eigenvalue weighted by Gasteiger charge is 2.25. The van der Waals surface area contributed by atoms with Crippen molar-refractivity contribution in [1.82, 2.24) is 10.6 Å². The lowest BCUT2D eigenvalue weighted by molar-refractivity contribution is -0.141. The molecule has 1 aromatic rings. The van der Waals surface area contributed by atoms with Gasteiger partial charge in [-0.3, -0.25) is 9.59 Å². The van der Waals surface area contributed by atoms with Gasteiger partial charge in [0, 0.05) is 0 Å². The van der Waals surface area contributed by atoms with Crippen molar-refractivity contribution in [3.63, 3.8) is 0 Å². The van der Waals surface area contributed by atoms with Crippen molar-refractivity contribution in [2.45, 2.75) is 45.9 Å². The number of aliphatic carboxylic acids is 1. The number of carboxylic acid groups (broad SMARTS) is 1. The number of hydrogen-bond acceptors (Lipinski definition) is 4. The largest absolute Gasteiger partial charge is 0.480 e. The number of carbonyl (C=O) groups excluding carboxylic acids is 2. The second-order valence-corrected chi connectivity index (χ2v) is 5.96. The quantitative estimate of drug-likeness (QED) is 0.673. The monoisotopic (exact) mass is 336 g/mol. The number of amides is 2. The normalized spacial score (nSPS) is 13.0. The first kappa shape index (κ1) is 19.5. The third-order valence-electron chi connectivity index (χ3n) is 3.26. The molecule has 0 unspecified atom stereocenters. The van der Waals surface area contributed by atoms with E-state index in [1.807, 2.05) is 44.2 Å². The highest BCUT2D eigenvalue weighted by molar-refractivity contribution is 5.89. The van der Waals surface area contributed by atoms with E-state index in [2.05, 4.69) is 10.6 Å². The molecule has 7 heteroatoms. The molecule has 24 heavy (non-hydrogen) atoms. The minimum absolute atomic E-state index is 0.0915. The van der Waals surface area contributed by atoms with E-state index < -0.39 is 30.1 Å². The summed E-state index contributed by atoms with van der Waals surface area (Å²) in [6, 6.07) is 7.28. The van der Waals surface area contributed by atoms with E-state index in [0.29, 0.717) is 6.42 Å². The van der Waals surface area contributed by atoms with Crippen LogP contribution in [0.25, 0.3) is 0 Å². The fourth-order valence-corrected chi connectivity index (χ4v) is 1.99. The van der Waals surface area contributed by atoms with Gasteiger partial charge < -0.3 is 20.5 Å². The van der Waals surface area contributed by atoms with Gasteiger partial charge in [0.15, 0.2) is 0 Å². The molecule has 3 N–H and O–H groups in total. The van der Waals surface area contributed by atoms with E-state index in [1.165, 1.54) is 6.92 Å². The van der Waals surface area contributed by atoms with Crippen LogP contribution in [0.4, 0.5) is 4.79 Å². The first-order valence-electron chi connectivity index (χ1n) is 7.80. The maximum absolute atomic E-state index is 12.2. The van der Waals surface area contributed by atoms with Gasteiger partial charge >= 0.3 is 12.1 Å². The molecule has 1 rings (SSSR count). The zero-order valence-corrected chi connectivity index (χ0v) is 14.1. The minimum Gasteiger partial charge on any atom is -0.480 e. The predicted molar refractivity (Wildman–Crippen MR) is 88.2 cm³/mol. The van der Waals surface area contributed by atoms with E-state index in [-0.39, 0.29) is 12.5 Å². The second-order valence-electron chi connectivity index (χ2n) is 5.96. The van der Waals surface area contributed by atoms with Gasteiger partial charge in [-0.05, 0) is 24.8 Å². The predicted octanol–water partition coefficient (Wildman–Crippen LogP) is 1.92. The summed E-state index contributed by atoms with van der Waals surface area (Å²) in [7, 11) is 0. The Kier molecular flexibility index (Phi) is 7.74. The number of alkyl carbamates (subject to hydrolysis) is 1. The Balaban J connectivity index is 2.59. The molecule has 0 aliphatic heterocycles. The summed E-state index contributed by atoms with van der Waals surface area (Å²) < 4.78 is 5.10. The molecule has 1 aromatic carbocycles. The Bertz CT molecular complexity index is 559. The molecule has 7 nitrogen and oxygen atoms in total. The zero-order valence-electron chi connectivity index (χ0n) is 14.1. The zero-order chi connectivity index (χ0) is 18.1. The Labute approximate surface area is 141 Å². The van der Waals surface area contributed by atoms with Crippen molar-refractivity contribution in [1.29, 1.82) is 0 Å². The Morgan fingerprint density at radius 3 is 2.25 bits per heavy atom. The van der Waals surface area contributed by atoms with Crippen LogP contribution in [0, 0.1) is 5.92 Å². The van der Waals surface area contributed by atoms with Crippen molar-refractivity contribution in [2.75, 3.05) is 0 Å². The lowest BCUT2D eigenvalue weighted by Crippen LogP contribution is -2.51. The van der Waals surface area contributed by atoms with Gasteiger partial charge in [0.1, 0.15) is 18.7 Å². The summed E-state index contributed by atoms with van der Waals surface area (Å²) in [6.45, 7) is 5.25. The van der Waals surface area contributed by atoms with E-state index in [9.17, 15) is 14.4 Å². The molecule has 132 valence electrons. The van der Waals surface area contributed by atoms with Gasteiger partial charge in [-0.15, -0.1) is 0 Å². The summed E-state index contributed by atoms with van der Waals surface area (Å²) >= 11 is 0. The van der Waals surface area contributed by atoms with Crippen molar-refractivity contribution in [3.05, 3.63) is 35.9 Å². The highest BCUT2D eigenvalue weighted by Crippen LogP contribution is 2.07. The van der Waals surface area contributed by atoms with Crippen LogP contribution in [0.15, 0.2) is 30.3 Å². The van der Waals surface area contributed by atoms with Crippen LogP contribution < -0.4 is 10.6 Å². The molecule has 2 amide bonds. The molecule has 0 spiro atoms. The molecule has 2 atom stereocenters. The van der Waals surface area contributed by atoms with Crippen LogP contribution in [0.3, 0.4) is 0 Å². The first-order valence-corrected chi connectivity index (χ1v) is 7.80. The van der Waals surface area contributed by atoms with E-state index >= 15 is 0 Å². The van der Waals surface area contributed by atoms with Gasteiger partial charge in [0.2, 0.25) is 5.91 Å². The standard InChI is InChI=1S/C17H24N2O5/c1-11(2)9-14(15(20)18-12(3)16(21)22)19-17(23)24-10-13-7-5-4-6-8-13/h4-8,11-12,14H,9-10H2,1-3H3,(H,18,20)(H,19,23)(H,21,22)/t12-,14+/m0/s1. The van der Waals surface area contributed by atoms with Crippen LogP contribution in [0.2, 0.25) is 0 Å². The molecule has 0 aliphatic carbocycles. The Morgan fingerprint density at radius 1 is 1.08 bits per heavy atom. The van der Waals surface area contributed by atoms with Crippen LogP contribution in [0.5, 0.6) is 0 Å². The van der Waals surface area contributed by atoms with Crippen molar-refractivity contribution in [3.8, 4) is 0 Å². The van der Waals surface area contributed by atoms with Gasteiger partial charge in [-0.1, -0.05) is 44.2 Å². The second kappa shape index (κ2) is 9.54. The average Bonchev–Trinajstić information content (AvgIpc) is 2.52. The third-order valence-corrected chi connectivity index (χ3v) is 3.26. The SMILES string of the molecule is CC(C)C[C@@H](NC(=O)OCc1ccccc1)C(=O)N[C@@H](C)C(=O)O. The van der Waals surface area contributed by atoms with E-state index in [1.54, 1.807) is 0 Å². The smallest absolute Gasteiger partial charge is 0.408 e. The lowest BCUT2D eigenvalue weighted by Gasteiger charge is -2.21. The van der Waals surface area contributed by atoms with Gasteiger partial charge in [-0.2, -0.15) is 0 Å². The number of benzene rings is 1. The van der Waals surface area contributed by atoms with Crippen LogP contribution >= 0.6 is 0 Å². The number of carbonyl (C=O) groups is 3. The summed E-state index contributed by atoms with van der Waals surface area (Å²) in [5.74, 6) is -1.55. The topological polar surface area (TPSA) is 105 Å². The average molecular weight is 336 g/mol. The number of rotatable bonds is 8. The molecule has 0 bridgehead atoms. The Hall–Kier alpha value is -2.57. The van der Waals surface area contributed by atoms with Crippen LogP contribution in [-0.2, 0) is 20.9 Å². The summed E-state index contributed by atoms with van der Waals surface area (Å²) in [5, 5.41) is 13.7. The molecule has 0 aliphatic rings. The maximum Gasteiger partial charge on any atom is 0.408 e. The molecule has 0 heterocycles. The highest BCUT2D eigenvalue weighted by atomic mass is 16.5. The fourth-order valence-electron chi connectivity index (χ4n) is 1.99. The molecular weight excluding hydrogens is 312 g/mol.